The highest BCUT2D eigenvalue weighted by Crippen LogP contribution is 2.40. The van der Waals surface area contributed by atoms with Gasteiger partial charge in [0, 0.05) is 25.6 Å². The van der Waals surface area contributed by atoms with Crippen LogP contribution >= 0.6 is 0 Å². The molecule has 3 N–H and O–H groups in total. The molecule has 0 spiro atoms. The Morgan fingerprint density at radius 2 is 1.89 bits per heavy atom. The molecule has 108 valence electrons. The SMILES string of the molecule is NC1CCCN(C(=O)CC2(C(=O)O)CCCCC2)C1. The summed E-state index contributed by atoms with van der Waals surface area (Å²) in [5.74, 6) is -0.832. The van der Waals surface area contributed by atoms with E-state index < -0.39 is 11.4 Å². The first-order valence-electron chi connectivity index (χ1n) is 7.30. The van der Waals surface area contributed by atoms with E-state index in [-0.39, 0.29) is 18.4 Å². The fraction of sp³-hybridized carbons (Fsp3) is 0.857. The van der Waals surface area contributed by atoms with Crippen LogP contribution in [0.2, 0.25) is 0 Å². The predicted molar refractivity (Wildman–Crippen MR) is 71.6 cm³/mol. The molecule has 0 radical (unpaired) electrons. The van der Waals surface area contributed by atoms with Gasteiger partial charge >= 0.3 is 5.97 Å². The van der Waals surface area contributed by atoms with Crippen molar-refractivity contribution in [2.24, 2.45) is 11.1 Å². The van der Waals surface area contributed by atoms with Crippen LogP contribution in [0.1, 0.15) is 51.4 Å². The number of rotatable bonds is 3. The van der Waals surface area contributed by atoms with E-state index in [4.69, 9.17) is 5.73 Å². The summed E-state index contributed by atoms with van der Waals surface area (Å²) in [5, 5.41) is 9.49. The van der Waals surface area contributed by atoms with Crippen molar-refractivity contribution in [3.8, 4) is 0 Å². The molecule has 2 fully saturated rings. The molecular weight excluding hydrogens is 244 g/mol. The molecule has 1 aliphatic heterocycles. The Bertz CT molecular complexity index is 351. The predicted octanol–water partition coefficient (Wildman–Crippen LogP) is 1.36. The number of carbonyl (C=O) groups excluding carboxylic acids is 1. The van der Waals surface area contributed by atoms with Crippen molar-refractivity contribution in [3.05, 3.63) is 0 Å². The van der Waals surface area contributed by atoms with Crippen LogP contribution in [-0.2, 0) is 9.59 Å². The van der Waals surface area contributed by atoms with Crippen LogP contribution in [0, 0.1) is 5.41 Å². The fourth-order valence-electron chi connectivity index (χ4n) is 3.33. The molecule has 1 amide bonds. The molecule has 1 atom stereocenters. The van der Waals surface area contributed by atoms with E-state index in [0.29, 0.717) is 19.4 Å². The van der Waals surface area contributed by atoms with Gasteiger partial charge in [0.25, 0.3) is 0 Å². The Balaban J connectivity index is 2.00. The summed E-state index contributed by atoms with van der Waals surface area (Å²) in [6.45, 7) is 1.30. The van der Waals surface area contributed by atoms with Gasteiger partial charge in [0.05, 0.1) is 5.41 Å². The number of hydrogen-bond acceptors (Lipinski definition) is 3. The van der Waals surface area contributed by atoms with E-state index in [9.17, 15) is 14.7 Å². The van der Waals surface area contributed by atoms with Gasteiger partial charge in [-0.15, -0.1) is 0 Å². The number of carbonyl (C=O) groups is 2. The first-order valence-corrected chi connectivity index (χ1v) is 7.30. The van der Waals surface area contributed by atoms with Crippen LogP contribution in [0.3, 0.4) is 0 Å². The number of piperidine rings is 1. The van der Waals surface area contributed by atoms with Crippen molar-refractivity contribution < 1.29 is 14.7 Å². The Kier molecular flexibility index (Phi) is 4.45. The van der Waals surface area contributed by atoms with E-state index in [1.54, 1.807) is 4.90 Å². The van der Waals surface area contributed by atoms with Crippen LogP contribution in [-0.4, -0.2) is 41.0 Å². The number of hydrogen-bond donors (Lipinski definition) is 2. The maximum absolute atomic E-state index is 12.3. The molecule has 0 bridgehead atoms. The molecule has 1 unspecified atom stereocenters. The van der Waals surface area contributed by atoms with Gasteiger partial charge in [0.15, 0.2) is 0 Å². The molecule has 2 aliphatic rings. The summed E-state index contributed by atoms with van der Waals surface area (Å²) in [6.07, 6.45) is 6.20. The van der Waals surface area contributed by atoms with Gasteiger partial charge in [-0.05, 0) is 25.7 Å². The second kappa shape index (κ2) is 5.90. The zero-order valence-corrected chi connectivity index (χ0v) is 11.4. The van der Waals surface area contributed by atoms with Gasteiger partial charge in [-0.2, -0.15) is 0 Å². The highest BCUT2D eigenvalue weighted by molar-refractivity contribution is 5.85. The number of amides is 1. The van der Waals surface area contributed by atoms with Gasteiger partial charge < -0.3 is 15.7 Å². The Hall–Kier alpha value is -1.10. The zero-order valence-electron chi connectivity index (χ0n) is 11.4. The minimum Gasteiger partial charge on any atom is -0.481 e. The largest absolute Gasteiger partial charge is 0.481 e. The van der Waals surface area contributed by atoms with E-state index in [1.807, 2.05) is 0 Å². The number of carboxylic acid groups (broad SMARTS) is 1. The maximum atomic E-state index is 12.3. The Labute approximate surface area is 114 Å². The summed E-state index contributed by atoms with van der Waals surface area (Å²) in [4.78, 5) is 25.6. The van der Waals surface area contributed by atoms with Gasteiger partial charge in [0.2, 0.25) is 5.91 Å². The smallest absolute Gasteiger partial charge is 0.310 e. The van der Waals surface area contributed by atoms with Crippen LogP contribution in [0.4, 0.5) is 0 Å². The van der Waals surface area contributed by atoms with Gasteiger partial charge in [-0.3, -0.25) is 9.59 Å². The average Bonchev–Trinajstić information content (AvgIpc) is 2.39. The molecular formula is C14H24N2O3. The molecule has 19 heavy (non-hydrogen) atoms. The van der Waals surface area contributed by atoms with Crippen LogP contribution in [0.25, 0.3) is 0 Å². The van der Waals surface area contributed by atoms with Gasteiger partial charge in [0.1, 0.15) is 0 Å². The van der Waals surface area contributed by atoms with Gasteiger partial charge in [-0.25, -0.2) is 0 Å². The minimum atomic E-state index is -0.823. The number of carboxylic acids is 1. The van der Waals surface area contributed by atoms with Crippen molar-refractivity contribution in [1.82, 2.24) is 4.90 Å². The summed E-state index contributed by atoms with van der Waals surface area (Å²) >= 11 is 0. The molecule has 0 aromatic heterocycles. The molecule has 1 saturated carbocycles. The lowest BCUT2D eigenvalue weighted by molar-refractivity contribution is -0.156. The number of likely N-dealkylation sites (tertiary alicyclic amines) is 1. The van der Waals surface area contributed by atoms with Crippen molar-refractivity contribution in [2.45, 2.75) is 57.4 Å². The monoisotopic (exact) mass is 268 g/mol. The van der Waals surface area contributed by atoms with E-state index in [2.05, 4.69) is 0 Å². The number of nitrogens with zero attached hydrogens (tertiary/aromatic N) is 1. The van der Waals surface area contributed by atoms with E-state index in [0.717, 1.165) is 38.6 Å². The first-order chi connectivity index (χ1) is 9.03. The maximum Gasteiger partial charge on any atom is 0.310 e. The number of aliphatic carboxylic acids is 1. The number of nitrogens with two attached hydrogens (primary N) is 1. The molecule has 0 aromatic rings. The van der Waals surface area contributed by atoms with Crippen molar-refractivity contribution in [2.75, 3.05) is 13.1 Å². The lowest BCUT2D eigenvalue weighted by Crippen LogP contribution is -2.48. The Morgan fingerprint density at radius 3 is 2.47 bits per heavy atom. The summed E-state index contributed by atoms with van der Waals surface area (Å²) < 4.78 is 0. The molecule has 5 nitrogen and oxygen atoms in total. The second-order valence-electron chi connectivity index (χ2n) is 6.06. The normalized spacial score (nSPS) is 27.0. The van der Waals surface area contributed by atoms with Gasteiger partial charge in [-0.1, -0.05) is 19.3 Å². The van der Waals surface area contributed by atoms with E-state index >= 15 is 0 Å². The first kappa shape index (κ1) is 14.3. The fourth-order valence-corrected chi connectivity index (χ4v) is 3.33. The molecule has 2 rings (SSSR count). The lowest BCUT2D eigenvalue weighted by atomic mass is 9.71. The molecule has 0 aromatic carbocycles. The van der Waals surface area contributed by atoms with Crippen LogP contribution in [0.5, 0.6) is 0 Å². The summed E-state index contributed by atoms with van der Waals surface area (Å²) in [7, 11) is 0. The van der Waals surface area contributed by atoms with Crippen molar-refractivity contribution >= 4 is 11.9 Å². The van der Waals surface area contributed by atoms with Crippen LogP contribution in [0.15, 0.2) is 0 Å². The molecule has 1 saturated heterocycles. The average molecular weight is 268 g/mol. The molecule has 5 heteroatoms. The second-order valence-corrected chi connectivity index (χ2v) is 6.06. The minimum absolute atomic E-state index is 0.0283. The topological polar surface area (TPSA) is 83.6 Å². The molecule has 1 aliphatic carbocycles. The van der Waals surface area contributed by atoms with Crippen molar-refractivity contribution in [1.29, 1.82) is 0 Å². The summed E-state index contributed by atoms with van der Waals surface area (Å²) in [5.41, 5.74) is 5.06. The quantitative estimate of drug-likeness (QED) is 0.809. The van der Waals surface area contributed by atoms with Crippen LogP contribution < -0.4 is 5.73 Å². The highest BCUT2D eigenvalue weighted by Gasteiger charge is 2.42. The summed E-state index contributed by atoms with van der Waals surface area (Å²) in [6, 6.07) is 0.0461. The third-order valence-electron chi connectivity index (χ3n) is 4.56. The zero-order chi connectivity index (χ0) is 13.9. The molecule has 1 heterocycles. The van der Waals surface area contributed by atoms with E-state index in [1.165, 1.54) is 0 Å². The third kappa shape index (κ3) is 3.26. The third-order valence-corrected chi connectivity index (χ3v) is 4.56. The highest BCUT2D eigenvalue weighted by atomic mass is 16.4. The lowest BCUT2D eigenvalue weighted by Gasteiger charge is -2.36. The Morgan fingerprint density at radius 1 is 1.21 bits per heavy atom. The van der Waals surface area contributed by atoms with Crippen molar-refractivity contribution in [3.63, 3.8) is 0 Å². The standard InChI is InChI=1S/C14H24N2O3/c15-11-5-4-8-16(10-11)12(17)9-14(13(18)19)6-2-1-3-7-14/h11H,1-10,15H2,(H,18,19).